The molecule has 0 aliphatic rings. The van der Waals surface area contributed by atoms with Crippen LogP contribution in [0.15, 0.2) is 42.6 Å². The lowest BCUT2D eigenvalue weighted by molar-refractivity contribution is 0.134. The molecule has 0 atom stereocenters. The number of halogens is 1. The van der Waals surface area contributed by atoms with Crippen molar-refractivity contribution in [1.82, 2.24) is 4.98 Å². The van der Waals surface area contributed by atoms with Gasteiger partial charge in [-0.2, -0.15) is 0 Å². The molecule has 0 unspecified atom stereocenters. The van der Waals surface area contributed by atoms with E-state index in [1.165, 1.54) is 0 Å². The van der Waals surface area contributed by atoms with E-state index in [0.29, 0.717) is 24.6 Å². The molecule has 0 saturated carbocycles. The first-order valence-electron chi connectivity index (χ1n) is 6.54. The summed E-state index contributed by atoms with van der Waals surface area (Å²) in [5.74, 6) is 0. The zero-order valence-electron chi connectivity index (χ0n) is 11.6. The number of pyridine rings is 1. The van der Waals surface area contributed by atoms with Crippen molar-refractivity contribution in [3.05, 3.63) is 53.3 Å². The van der Waals surface area contributed by atoms with Gasteiger partial charge in [0.25, 0.3) is 0 Å². The minimum Gasteiger partial charge on any atom is -0.377 e. The van der Waals surface area contributed by atoms with E-state index in [1.807, 2.05) is 31.2 Å². The first kappa shape index (κ1) is 15.3. The fraction of sp³-hybridized carbons (Fsp3) is 0.200. The van der Waals surface area contributed by atoms with Crippen molar-refractivity contribution in [2.24, 2.45) is 0 Å². The van der Waals surface area contributed by atoms with Crippen molar-refractivity contribution < 1.29 is 9.53 Å². The van der Waals surface area contributed by atoms with Crippen LogP contribution in [0.2, 0.25) is 5.15 Å². The Morgan fingerprint density at radius 3 is 2.67 bits per heavy atom. The topological polar surface area (TPSA) is 63.2 Å². The molecule has 1 heterocycles. The largest absolute Gasteiger partial charge is 0.377 e. The molecule has 0 radical (unpaired) electrons. The quantitative estimate of drug-likeness (QED) is 0.823. The minimum atomic E-state index is -0.373. The highest BCUT2D eigenvalue weighted by atomic mass is 35.5. The number of ether oxygens (including phenoxy) is 1. The van der Waals surface area contributed by atoms with Crippen LogP contribution in [-0.4, -0.2) is 17.6 Å². The molecule has 1 aromatic heterocycles. The average molecular weight is 306 g/mol. The fourth-order valence-corrected chi connectivity index (χ4v) is 1.83. The van der Waals surface area contributed by atoms with E-state index in [-0.39, 0.29) is 11.2 Å². The number of nitrogens with zero attached hydrogens (tertiary/aromatic N) is 1. The number of carbonyl (C=O) groups excluding carboxylic acids is 1. The van der Waals surface area contributed by atoms with Gasteiger partial charge in [-0.25, -0.2) is 9.78 Å². The van der Waals surface area contributed by atoms with Gasteiger partial charge in [0.2, 0.25) is 0 Å². The van der Waals surface area contributed by atoms with Gasteiger partial charge in [0, 0.05) is 18.5 Å². The molecule has 2 rings (SSSR count). The maximum Gasteiger partial charge on any atom is 0.323 e. The Balaban J connectivity index is 1.92. The van der Waals surface area contributed by atoms with E-state index in [4.69, 9.17) is 16.3 Å². The summed E-state index contributed by atoms with van der Waals surface area (Å²) >= 11 is 5.87. The predicted molar refractivity (Wildman–Crippen MR) is 83.7 cm³/mol. The Morgan fingerprint density at radius 2 is 2.00 bits per heavy atom. The Kier molecular flexibility index (Phi) is 5.54. The van der Waals surface area contributed by atoms with Gasteiger partial charge < -0.3 is 15.4 Å². The molecular weight excluding hydrogens is 290 g/mol. The van der Waals surface area contributed by atoms with E-state index < -0.39 is 0 Å². The van der Waals surface area contributed by atoms with Crippen LogP contribution in [0.4, 0.5) is 16.2 Å². The molecule has 6 heteroatoms. The van der Waals surface area contributed by atoms with Crippen LogP contribution in [0.1, 0.15) is 12.5 Å². The number of hydrogen-bond donors (Lipinski definition) is 2. The Bertz CT molecular complexity index is 602. The lowest BCUT2D eigenvalue weighted by Gasteiger charge is -2.09. The number of rotatable bonds is 5. The van der Waals surface area contributed by atoms with Crippen molar-refractivity contribution in [3.63, 3.8) is 0 Å². The summed E-state index contributed by atoms with van der Waals surface area (Å²) < 4.78 is 5.31. The summed E-state index contributed by atoms with van der Waals surface area (Å²) in [6, 6.07) is 10.5. The van der Waals surface area contributed by atoms with Crippen molar-refractivity contribution in [2.75, 3.05) is 17.2 Å². The molecule has 2 aromatic rings. The van der Waals surface area contributed by atoms with Gasteiger partial charge in [-0.15, -0.1) is 0 Å². The molecule has 0 bridgehead atoms. The average Bonchev–Trinajstić information content (AvgIpc) is 2.49. The summed E-state index contributed by atoms with van der Waals surface area (Å²) in [7, 11) is 0. The molecule has 1 aromatic carbocycles. The lowest BCUT2D eigenvalue weighted by atomic mass is 10.2. The molecule has 2 amide bonds. The molecule has 0 saturated heterocycles. The van der Waals surface area contributed by atoms with Crippen LogP contribution >= 0.6 is 11.6 Å². The number of nitrogens with one attached hydrogen (secondary N) is 2. The second-order valence-corrected chi connectivity index (χ2v) is 4.61. The maximum atomic E-state index is 11.9. The smallest absolute Gasteiger partial charge is 0.323 e. The summed E-state index contributed by atoms with van der Waals surface area (Å²) in [5.41, 5.74) is 2.20. The van der Waals surface area contributed by atoms with Gasteiger partial charge in [-0.3, -0.25) is 0 Å². The number of benzene rings is 1. The standard InChI is InChI=1S/C15H16ClN3O2/c1-2-21-10-11-5-7-12(8-6-11)18-15(20)19-13-4-3-9-17-14(13)16/h3-9H,2,10H2,1H3,(H2,18,19,20). The summed E-state index contributed by atoms with van der Waals surface area (Å²) in [4.78, 5) is 15.7. The van der Waals surface area contributed by atoms with Crippen LogP contribution in [0.25, 0.3) is 0 Å². The van der Waals surface area contributed by atoms with Gasteiger partial charge in [0.1, 0.15) is 0 Å². The van der Waals surface area contributed by atoms with Crippen LogP contribution in [0.3, 0.4) is 0 Å². The Hall–Kier alpha value is -2.11. The Labute approximate surface area is 128 Å². The first-order valence-corrected chi connectivity index (χ1v) is 6.92. The summed E-state index contributed by atoms with van der Waals surface area (Å²) in [5, 5.41) is 5.61. The zero-order chi connectivity index (χ0) is 15.1. The fourth-order valence-electron chi connectivity index (χ4n) is 1.67. The highest BCUT2D eigenvalue weighted by molar-refractivity contribution is 6.32. The summed E-state index contributed by atoms with van der Waals surface area (Å²) in [6.07, 6.45) is 1.56. The number of amides is 2. The predicted octanol–water partition coefficient (Wildman–Crippen LogP) is 3.92. The number of carbonyl (C=O) groups is 1. The molecule has 2 N–H and O–H groups in total. The van der Waals surface area contributed by atoms with E-state index >= 15 is 0 Å². The molecule has 5 nitrogen and oxygen atoms in total. The maximum absolute atomic E-state index is 11.9. The molecule has 0 aliphatic heterocycles. The number of anilines is 2. The minimum absolute atomic E-state index is 0.250. The first-order chi connectivity index (χ1) is 10.2. The third kappa shape index (κ3) is 4.73. The second-order valence-electron chi connectivity index (χ2n) is 4.25. The van der Waals surface area contributed by atoms with E-state index in [1.54, 1.807) is 18.3 Å². The highest BCUT2D eigenvalue weighted by Gasteiger charge is 2.06. The molecule has 110 valence electrons. The van der Waals surface area contributed by atoms with Crippen molar-refractivity contribution >= 4 is 29.0 Å². The zero-order valence-corrected chi connectivity index (χ0v) is 12.4. The molecular formula is C15H16ClN3O2. The van der Waals surface area contributed by atoms with Gasteiger partial charge in [-0.05, 0) is 36.8 Å². The van der Waals surface area contributed by atoms with E-state index in [9.17, 15) is 4.79 Å². The highest BCUT2D eigenvalue weighted by Crippen LogP contribution is 2.18. The van der Waals surface area contributed by atoms with Gasteiger partial charge >= 0.3 is 6.03 Å². The monoisotopic (exact) mass is 305 g/mol. The van der Waals surface area contributed by atoms with Crippen LogP contribution in [0, 0.1) is 0 Å². The normalized spacial score (nSPS) is 10.2. The van der Waals surface area contributed by atoms with Gasteiger partial charge in [0.15, 0.2) is 5.15 Å². The summed E-state index contributed by atoms with van der Waals surface area (Å²) in [6.45, 7) is 3.19. The van der Waals surface area contributed by atoms with Gasteiger partial charge in [-0.1, -0.05) is 23.7 Å². The number of aromatic nitrogens is 1. The number of urea groups is 1. The molecule has 0 spiro atoms. The van der Waals surface area contributed by atoms with Crippen LogP contribution in [0.5, 0.6) is 0 Å². The third-order valence-corrected chi connectivity index (χ3v) is 2.99. The third-order valence-electron chi connectivity index (χ3n) is 2.69. The second kappa shape index (κ2) is 7.61. The van der Waals surface area contributed by atoms with E-state index in [0.717, 1.165) is 5.56 Å². The number of hydrogen-bond acceptors (Lipinski definition) is 3. The van der Waals surface area contributed by atoms with Crippen LogP contribution in [-0.2, 0) is 11.3 Å². The van der Waals surface area contributed by atoms with Crippen molar-refractivity contribution in [3.8, 4) is 0 Å². The van der Waals surface area contributed by atoms with Gasteiger partial charge in [0.05, 0.1) is 12.3 Å². The van der Waals surface area contributed by atoms with Crippen molar-refractivity contribution in [2.45, 2.75) is 13.5 Å². The van der Waals surface area contributed by atoms with E-state index in [2.05, 4.69) is 15.6 Å². The molecule has 21 heavy (non-hydrogen) atoms. The lowest BCUT2D eigenvalue weighted by Crippen LogP contribution is -2.19. The van der Waals surface area contributed by atoms with Crippen molar-refractivity contribution in [1.29, 1.82) is 0 Å². The molecule has 0 aliphatic carbocycles. The SMILES string of the molecule is CCOCc1ccc(NC(=O)Nc2cccnc2Cl)cc1. The van der Waals surface area contributed by atoms with Crippen LogP contribution < -0.4 is 10.6 Å². The molecule has 0 fully saturated rings. The Morgan fingerprint density at radius 1 is 1.24 bits per heavy atom.